The standard InChI is InChI=1S/C14H28N2O/c1-11-4-5-13(8-12(11)2)15-9-14-10-16(3)6-7-17-14/h11-15H,4-10H2,1-3H3/t11-,12+,13+,14+/m1/s1. The van der Waals surface area contributed by atoms with Crippen LogP contribution in [0.2, 0.25) is 0 Å². The van der Waals surface area contributed by atoms with Gasteiger partial charge in [-0.05, 0) is 38.1 Å². The van der Waals surface area contributed by atoms with E-state index in [1.807, 2.05) is 0 Å². The Morgan fingerprint density at radius 2 is 2.06 bits per heavy atom. The molecule has 0 radical (unpaired) electrons. The predicted molar refractivity (Wildman–Crippen MR) is 71.2 cm³/mol. The van der Waals surface area contributed by atoms with Gasteiger partial charge in [-0.15, -0.1) is 0 Å². The highest BCUT2D eigenvalue weighted by atomic mass is 16.5. The van der Waals surface area contributed by atoms with E-state index in [4.69, 9.17) is 4.74 Å². The molecule has 0 aromatic heterocycles. The Bertz CT molecular complexity index is 234. The van der Waals surface area contributed by atoms with Crippen LogP contribution in [0.15, 0.2) is 0 Å². The molecule has 1 aliphatic carbocycles. The number of hydrogen-bond acceptors (Lipinski definition) is 3. The van der Waals surface area contributed by atoms with E-state index in [0.717, 1.165) is 44.1 Å². The van der Waals surface area contributed by atoms with Gasteiger partial charge in [0.1, 0.15) is 0 Å². The summed E-state index contributed by atoms with van der Waals surface area (Å²) < 4.78 is 5.78. The molecule has 0 bridgehead atoms. The molecule has 0 aromatic rings. The molecule has 3 heteroatoms. The first-order chi connectivity index (χ1) is 8.15. The molecular weight excluding hydrogens is 212 g/mol. The van der Waals surface area contributed by atoms with Crippen LogP contribution in [0.4, 0.5) is 0 Å². The molecule has 1 N–H and O–H groups in total. The molecule has 1 saturated heterocycles. The SMILES string of the molecule is C[C@@H]1CC[C@H](NC[C@H]2CN(C)CCO2)C[C@@H]1C. The number of ether oxygens (including phenoxy) is 1. The lowest BCUT2D eigenvalue weighted by Gasteiger charge is -2.35. The van der Waals surface area contributed by atoms with Gasteiger partial charge in [0.25, 0.3) is 0 Å². The quantitative estimate of drug-likeness (QED) is 0.813. The summed E-state index contributed by atoms with van der Waals surface area (Å²) in [7, 11) is 2.18. The van der Waals surface area contributed by atoms with Crippen LogP contribution in [-0.4, -0.2) is 50.3 Å². The Hall–Kier alpha value is -0.120. The van der Waals surface area contributed by atoms with E-state index in [1.54, 1.807) is 0 Å². The van der Waals surface area contributed by atoms with Gasteiger partial charge in [-0.2, -0.15) is 0 Å². The fourth-order valence-corrected chi connectivity index (χ4v) is 3.02. The molecule has 3 nitrogen and oxygen atoms in total. The van der Waals surface area contributed by atoms with Gasteiger partial charge in [-0.25, -0.2) is 0 Å². The first kappa shape index (κ1) is 13.3. The molecule has 100 valence electrons. The summed E-state index contributed by atoms with van der Waals surface area (Å²) in [6.07, 6.45) is 4.45. The Kier molecular flexibility index (Phi) is 4.83. The fourth-order valence-electron chi connectivity index (χ4n) is 3.02. The van der Waals surface area contributed by atoms with Crippen molar-refractivity contribution in [2.45, 2.75) is 45.3 Å². The van der Waals surface area contributed by atoms with Crippen LogP contribution in [0, 0.1) is 11.8 Å². The van der Waals surface area contributed by atoms with Crippen molar-refractivity contribution in [3.8, 4) is 0 Å². The van der Waals surface area contributed by atoms with E-state index in [0.29, 0.717) is 6.10 Å². The van der Waals surface area contributed by atoms with Gasteiger partial charge in [0.15, 0.2) is 0 Å². The van der Waals surface area contributed by atoms with Crippen LogP contribution in [0.25, 0.3) is 0 Å². The van der Waals surface area contributed by atoms with Gasteiger partial charge < -0.3 is 15.0 Å². The summed E-state index contributed by atoms with van der Waals surface area (Å²) in [4.78, 5) is 2.36. The van der Waals surface area contributed by atoms with Crippen molar-refractivity contribution >= 4 is 0 Å². The summed E-state index contributed by atoms with van der Waals surface area (Å²) in [5, 5.41) is 3.71. The third kappa shape index (κ3) is 3.94. The topological polar surface area (TPSA) is 24.5 Å². The minimum atomic E-state index is 0.392. The van der Waals surface area contributed by atoms with Gasteiger partial charge in [-0.1, -0.05) is 13.8 Å². The second-order valence-corrected chi connectivity index (χ2v) is 6.13. The van der Waals surface area contributed by atoms with Crippen molar-refractivity contribution in [3.63, 3.8) is 0 Å². The van der Waals surface area contributed by atoms with Crippen LogP contribution < -0.4 is 5.32 Å². The molecule has 4 atom stereocenters. The minimum absolute atomic E-state index is 0.392. The van der Waals surface area contributed by atoms with Crippen molar-refractivity contribution in [1.82, 2.24) is 10.2 Å². The molecule has 0 unspecified atom stereocenters. The zero-order valence-corrected chi connectivity index (χ0v) is 11.6. The molecule has 17 heavy (non-hydrogen) atoms. The van der Waals surface area contributed by atoms with E-state index in [9.17, 15) is 0 Å². The molecule has 1 aliphatic heterocycles. The fraction of sp³-hybridized carbons (Fsp3) is 1.00. The summed E-state index contributed by atoms with van der Waals surface area (Å²) >= 11 is 0. The Balaban J connectivity index is 1.67. The molecule has 0 spiro atoms. The summed E-state index contributed by atoms with van der Waals surface area (Å²) in [5.41, 5.74) is 0. The maximum absolute atomic E-state index is 5.78. The highest BCUT2D eigenvalue weighted by molar-refractivity contribution is 4.81. The number of rotatable bonds is 3. The van der Waals surface area contributed by atoms with Crippen LogP contribution in [0.3, 0.4) is 0 Å². The van der Waals surface area contributed by atoms with Gasteiger partial charge in [-0.3, -0.25) is 0 Å². The summed E-state index contributed by atoms with van der Waals surface area (Å²) in [6, 6.07) is 0.719. The molecule has 2 fully saturated rings. The Morgan fingerprint density at radius 1 is 1.24 bits per heavy atom. The maximum Gasteiger partial charge on any atom is 0.0826 e. The molecular formula is C14H28N2O. The Morgan fingerprint density at radius 3 is 2.76 bits per heavy atom. The lowest BCUT2D eigenvalue weighted by Crippen LogP contribution is -2.47. The summed E-state index contributed by atoms with van der Waals surface area (Å²) in [6.45, 7) is 8.85. The molecule has 0 amide bonds. The van der Waals surface area contributed by atoms with Gasteiger partial charge in [0.2, 0.25) is 0 Å². The van der Waals surface area contributed by atoms with E-state index in [1.165, 1.54) is 19.3 Å². The van der Waals surface area contributed by atoms with Gasteiger partial charge in [0, 0.05) is 25.7 Å². The normalized spacial score (nSPS) is 40.4. The third-order valence-corrected chi connectivity index (χ3v) is 4.57. The smallest absolute Gasteiger partial charge is 0.0826 e. The van der Waals surface area contributed by atoms with Crippen molar-refractivity contribution < 1.29 is 4.74 Å². The lowest BCUT2D eigenvalue weighted by molar-refractivity contribution is -0.0203. The highest BCUT2D eigenvalue weighted by Crippen LogP contribution is 2.29. The van der Waals surface area contributed by atoms with Crippen LogP contribution in [-0.2, 0) is 4.74 Å². The molecule has 1 heterocycles. The predicted octanol–water partition coefficient (Wildman–Crippen LogP) is 1.73. The number of morpholine rings is 1. The largest absolute Gasteiger partial charge is 0.374 e. The van der Waals surface area contributed by atoms with Crippen molar-refractivity contribution in [3.05, 3.63) is 0 Å². The molecule has 1 saturated carbocycles. The zero-order valence-electron chi connectivity index (χ0n) is 11.6. The second kappa shape index (κ2) is 6.17. The first-order valence-corrected chi connectivity index (χ1v) is 7.18. The van der Waals surface area contributed by atoms with E-state index >= 15 is 0 Å². The lowest BCUT2D eigenvalue weighted by atomic mass is 9.79. The van der Waals surface area contributed by atoms with Gasteiger partial charge >= 0.3 is 0 Å². The number of hydrogen-bond donors (Lipinski definition) is 1. The number of nitrogens with one attached hydrogen (secondary N) is 1. The van der Waals surface area contributed by atoms with E-state index < -0.39 is 0 Å². The average molecular weight is 240 g/mol. The second-order valence-electron chi connectivity index (χ2n) is 6.13. The van der Waals surface area contributed by atoms with E-state index in [2.05, 4.69) is 31.1 Å². The van der Waals surface area contributed by atoms with Gasteiger partial charge in [0.05, 0.1) is 12.7 Å². The molecule has 2 aliphatic rings. The average Bonchev–Trinajstić information content (AvgIpc) is 2.31. The van der Waals surface area contributed by atoms with E-state index in [-0.39, 0.29) is 0 Å². The van der Waals surface area contributed by atoms with Crippen molar-refractivity contribution in [2.24, 2.45) is 11.8 Å². The maximum atomic E-state index is 5.78. The minimum Gasteiger partial charge on any atom is -0.374 e. The number of likely N-dealkylation sites (N-methyl/N-ethyl adjacent to an activating group) is 1. The van der Waals surface area contributed by atoms with Crippen molar-refractivity contribution in [1.29, 1.82) is 0 Å². The van der Waals surface area contributed by atoms with Crippen LogP contribution in [0.1, 0.15) is 33.1 Å². The molecule has 0 aromatic carbocycles. The molecule has 2 rings (SSSR count). The number of nitrogens with zero attached hydrogens (tertiary/aromatic N) is 1. The highest BCUT2D eigenvalue weighted by Gasteiger charge is 2.25. The van der Waals surface area contributed by atoms with Crippen LogP contribution >= 0.6 is 0 Å². The third-order valence-electron chi connectivity index (χ3n) is 4.57. The monoisotopic (exact) mass is 240 g/mol. The summed E-state index contributed by atoms with van der Waals surface area (Å²) in [5.74, 6) is 1.78. The first-order valence-electron chi connectivity index (χ1n) is 7.18. The zero-order chi connectivity index (χ0) is 12.3. The Labute approximate surface area is 106 Å². The van der Waals surface area contributed by atoms with Crippen LogP contribution in [0.5, 0.6) is 0 Å². The van der Waals surface area contributed by atoms with Crippen molar-refractivity contribution in [2.75, 3.05) is 33.3 Å².